The van der Waals surface area contributed by atoms with Gasteiger partial charge in [0.25, 0.3) is 0 Å². The molecule has 0 amide bonds. The van der Waals surface area contributed by atoms with E-state index in [2.05, 4.69) is 20.8 Å². The van der Waals surface area contributed by atoms with Crippen LogP contribution in [-0.4, -0.2) is 29.2 Å². The van der Waals surface area contributed by atoms with Gasteiger partial charge >= 0.3 is 0 Å². The van der Waals surface area contributed by atoms with Gasteiger partial charge in [-0.15, -0.1) is 0 Å². The van der Waals surface area contributed by atoms with E-state index in [4.69, 9.17) is 11.6 Å². The van der Waals surface area contributed by atoms with Crippen LogP contribution in [0.15, 0.2) is 18.5 Å². The molecule has 0 unspecified atom stereocenters. The highest BCUT2D eigenvalue weighted by molar-refractivity contribution is 7.90. The van der Waals surface area contributed by atoms with E-state index in [1.807, 2.05) is 0 Å². The van der Waals surface area contributed by atoms with E-state index in [0.29, 0.717) is 10.9 Å². The molecule has 7 heteroatoms. The molecule has 5 nitrogen and oxygen atoms in total. The standard InChI is InChI=1S/C17H24ClN3O2S/c1-17(2,3)24(22,23)21-12-6-4-11(5-7-12)15-8-13-14(18)9-19-10-16(13)20-15/h8-12,20-21H,4-7H2,1-3H3. The van der Waals surface area contributed by atoms with Crippen molar-refractivity contribution in [2.45, 2.75) is 63.2 Å². The molecule has 1 aliphatic carbocycles. The second kappa shape index (κ2) is 6.32. The Hall–Kier alpha value is -1.11. The lowest BCUT2D eigenvalue weighted by atomic mass is 9.84. The highest BCUT2D eigenvalue weighted by atomic mass is 35.5. The molecule has 3 rings (SSSR count). The topological polar surface area (TPSA) is 74.8 Å². The number of sulfonamides is 1. The van der Waals surface area contributed by atoms with Crippen LogP contribution >= 0.6 is 11.6 Å². The van der Waals surface area contributed by atoms with E-state index in [9.17, 15) is 8.42 Å². The molecule has 0 radical (unpaired) electrons. The number of rotatable bonds is 3. The molecule has 2 aromatic rings. The zero-order valence-corrected chi connectivity index (χ0v) is 15.8. The maximum absolute atomic E-state index is 12.3. The Bertz CT molecular complexity index is 831. The van der Waals surface area contributed by atoms with Crippen LogP contribution in [0.3, 0.4) is 0 Å². The van der Waals surface area contributed by atoms with Crippen LogP contribution in [0.25, 0.3) is 10.9 Å². The third-order valence-electron chi connectivity index (χ3n) is 4.81. The zero-order chi connectivity index (χ0) is 17.5. The minimum atomic E-state index is -3.29. The Morgan fingerprint density at radius 1 is 1.21 bits per heavy atom. The second-order valence-corrected chi connectivity index (χ2v) is 10.5. The van der Waals surface area contributed by atoms with Crippen LogP contribution in [0.2, 0.25) is 5.02 Å². The van der Waals surface area contributed by atoms with Crippen LogP contribution in [-0.2, 0) is 10.0 Å². The maximum atomic E-state index is 12.3. The average molecular weight is 370 g/mol. The highest BCUT2D eigenvalue weighted by Gasteiger charge is 2.33. The number of hydrogen-bond donors (Lipinski definition) is 2. The van der Waals surface area contributed by atoms with Gasteiger partial charge in [0.2, 0.25) is 10.0 Å². The van der Waals surface area contributed by atoms with Crippen molar-refractivity contribution in [3.63, 3.8) is 0 Å². The molecule has 0 spiro atoms. The van der Waals surface area contributed by atoms with Gasteiger partial charge in [-0.2, -0.15) is 0 Å². The van der Waals surface area contributed by atoms with Crippen LogP contribution in [0.1, 0.15) is 58.1 Å². The minimum absolute atomic E-state index is 0.0279. The molecule has 132 valence electrons. The van der Waals surface area contributed by atoms with Gasteiger partial charge < -0.3 is 4.98 Å². The molecule has 0 aromatic carbocycles. The largest absolute Gasteiger partial charge is 0.357 e. The van der Waals surface area contributed by atoms with Gasteiger partial charge in [0.15, 0.2) is 0 Å². The summed E-state index contributed by atoms with van der Waals surface area (Å²) in [5.74, 6) is 0.406. The van der Waals surface area contributed by atoms with Crippen LogP contribution in [0.4, 0.5) is 0 Å². The first-order valence-electron chi connectivity index (χ1n) is 8.31. The summed E-state index contributed by atoms with van der Waals surface area (Å²) in [6.07, 6.45) is 7.04. The first-order chi connectivity index (χ1) is 11.2. The predicted octanol–water partition coefficient (Wildman–Crippen LogP) is 3.96. The van der Waals surface area contributed by atoms with Gasteiger partial charge in [0.1, 0.15) is 0 Å². The van der Waals surface area contributed by atoms with E-state index in [1.165, 1.54) is 0 Å². The van der Waals surface area contributed by atoms with E-state index in [-0.39, 0.29) is 6.04 Å². The monoisotopic (exact) mass is 369 g/mol. The molecule has 0 atom stereocenters. The molecular weight excluding hydrogens is 346 g/mol. The summed E-state index contributed by atoms with van der Waals surface area (Å²) in [6, 6.07) is 2.13. The first kappa shape index (κ1) is 17.7. The number of halogens is 1. The number of hydrogen-bond acceptors (Lipinski definition) is 3. The highest BCUT2D eigenvalue weighted by Crippen LogP contribution is 2.35. The summed E-state index contributed by atoms with van der Waals surface area (Å²) >= 11 is 6.19. The molecule has 1 saturated carbocycles. The van der Waals surface area contributed by atoms with Crippen molar-refractivity contribution >= 4 is 32.5 Å². The Labute approximate surface area is 148 Å². The van der Waals surface area contributed by atoms with Crippen molar-refractivity contribution in [3.05, 3.63) is 29.2 Å². The quantitative estimate of drug-likeness (QED) is 0.859. The molecule has 24 heavy (non-hydrogen) atoms. The zero-order valence-electron chi connectivity index (χ0n) is 14.3. The van der Waals surface area contributed by atoms with E-state index in [1.54, 1.807) is 33.2 Å². The number of pyridine rings is 1. The fourth-order valence-electron chi connectivity index (χ4n) is 3.18. The van der Waals surface area contributed by atoms with E-state index >= 15 is 0 Å². The number of aromatic amines is 1. The fraction of sp³-hybridized carbons (Fsp3) is 0.588. The van der Waals surface area contributed by atoms with Gasteiger partial charge in [-0.3, -0.25) is 4.98 Å². The first-order valence-corrected chi connectivity index (χ1v) is 10.2. The number of nitrogens with one attached hydrogen (secondary N) is 2. The summed E-state index contributed by atoms with van der Waals surface area (Å²) < 4.78 is 26.7. The maximum Gasteiger partial charge on any atom is 0.216 e. The normalized spacial score (nSPS) is 22.8. The summed E-state index contributed by atoms with van der Waals surface area (Å²) in [4.78, 5) is 7.51. The van der Waals surface area contributed by atoms with Crippen molar-refractivity contribution in [2.75, 3.05) is 0 Å². The third-order valence-corrected chi connectivity index (χ3v) is 7.37. The SMILES string of the molecule is CC(C)(C)S(=O)(=O)NC1CCC(c2cc3c(Cl)cncc3[nH]2)CC1. The average Bonchev–Trinajstić information content (AvgIpc) is 2.92. The molecule has 2 heterocycles. The Balaban J connectivity index is 1.67. The minimum Gasteiger partial charge on any atom is -0.357 e. The molecule has 2 aromatic heterocycles. The molecule has 0 saturated heterocycles. The molecule has 2 N–H and O–H groups in total. The van der Waals surface area contributed by atoms with Crippen LogP contribution in [0, 0.1) is 0 Å². The van der Waals surface area contributed by atoms with Gasteiger partial charge in [-0.25, -0.2) is 13.1 Å². The lowest BCUT2D eigenvalue weighted by Gasteiger charge is -2.31. The Kier molecular flexibility index (Phi) is 4.66. The summed E-state index contributed by atoms with van der Waals surface area (Å²) in [5.41, 5.74) is 2.12. The molecule has 0 bridgehead atoms. The molecular formula is C17H24ClN3O2S. The van der Waals surface area contributed by atoms with Crippen molar-refractivity contribution < 1.29 is 8.42 Å². The van der Waals surface area contributed by atoms with Gasteiger partial charge in [-0.05, 0) is 58.4 Å². The van der Waals surface area contributed by atoms with Gasteiger partial charge in [0.05, 0.1) is 21.5 Å². The lowest BCUT2D eigenvalue weighted by Crippen LogP contribution is -2.45. The molecule has 1 aliphatic rings. The van der Waals surface area contributed by atoms with Gasteiger partial charge in [-0.1, -0.05) is 11.6 Å². The summed E-state index contributed by atoms with van der Waals surface area (Å²) in [7, 11) is -3.29. The van der Waals surface area contributed by atoms with Crippen molar-refractivity contribution in [1.82, 2.24) is 14.7 Å². The molecule has 1 fully saturated rings. The summed E-state index contributed by atoms with van der Waals surface area (Å²) in [5, 5.41) is 1.65. The van der Waals surface area contributed by atoms with Crippen molar-refractivity contribution in [2.24, 2.45) is 0 Å². The fourth-order valence-corrected chi connectivity index (χ4v) is 4.42. The van der Waals surface area contributed by atoms with Crippen LogP contribution < -0.4 is 4.72 Å². The number of nitrogens with zero attached hydrogens (tertiary/aromatic N) is 1. The second-order valence-electron chi connectivity index (χ2n) is 7.59. The van der Waals surface area contributed by atoms with Crippen molar-refractivity contribution in [1.29, 1.82) is 0 Å². The van der Waals surface area contributed by atoms with Crippen molar-refractivity contribution in [3.8, 4) is 0 Å². The van der Waals surface area contributed by atoms with Crippen LogP contribution in [0.5, 0.6) is 0 Å². The molecule has 0 aliphatic heterocycles. The smallest absolute Gasteiger partial charge is 0.216 e. The number of H-pyrrole nitrogens is 1. The number of aromatic nitrogens is 2. The predicted molar refractivity (Wildman–Crippen MR) is 97.9 cm³/mol. The van der Waals surface area contributed by atoms with E-state index in [0.717, 1.165) is 42.3 Å². The lowest BCUT2D eigenvalue weighted by molar-refractivity contribution is 0.368. The Morgan fingerprint density at radius 3 is 2.46 bits per heavy atom. The third kappa shape index (κ3) is 3.46. The summed E-state index contributed by atoms with van der Waals surface area (Å²) in [6.45, 7) is 5.18. The van der Waals surface area contributed by atoms with Gasteiger partial charge in [0, 0.05) is 23.3 Å². The Morgan fingerprint density at radius 2 is 1.88 bits per heavy atom. The van der Waals surface area contributed by atoms with E-state index < -0.39 is 14.8 Å². The number of fused-ring (bicyclic) bond motifs is 1.